The summed E-state index contributed by atoms with van der Waals surface area (Å²) in [6.07, 6.45) is 3.69. The van der Waals surface area contributed by atoms with E-state index in [1.54, 1.807) is 12.2 Å². The van der Waals surface area contributed by atoms with Crippen molar-refractivity contribution in [2.45, 2.75) is 70.6 Å². The number of amides is 2. The van der Waals surface area contributed by atoms with Crippen molar-refractivity contribution in [2.24, 2.45) is 0 Å². The lowest BCUT2D eigenvalue weighted by Gasteiger charge is -2.29. The first-order valence-corrected chi connectivity index (χ1v) is 21.0. The molecule has 4 aromatic rings. The minimum absolute atomic E-state index is 0.00134. The van der Waals surface area contributed by atoms with E-state index in [1.807, 2.05) is 96.1 Å². The molecular weight excluding hydrogens is 759 g/mol. The van der Waals surface area contributed by atoms with Gasteiger partial charge < -0.3 is 19.4 Å². The molecule has 298 valence electrons. The quantitative estimate of drug-likeness (QED) is 0.0748. The van der Waals surface area contributed by atoms with Gasteiger partial charge in [0.2, 0.25) is 11.5 Å². The van der Waals surface area contributed by atoms with Crippen LogP contribution in [0.2, 0.25) is 0 Å². The normalized spacial score (nSPS) is 19.9. The van der Waals surface area contributed by atoms with Gasteiger partial charge in [-0.05, 0) is 65.6 Å². The Morgan fingerprint density at radius 1 is 0.845 bits per heavy atom. The number of carbonyl (C=O) groups excluding carboxylic acids is 4. The van der Waals surface area contributed by atoms with Gasteiger partial charge in [-0.25, -0.2) is 13.2 Å². The van der Waals surface area contributed by atoms with Crippen LogP contribution in [0.1, 0.15) is 70.9 Å². The number of Topliss-reactive ketones (excluding diaryl/α,β-unsaturated/α-hetero) is 1. The summed E-state index contributed by atoms with van der Waals surface area (Å²) in [5, 5.41) is 16.3. The van der Waals surface area contributed by atoms with Crippen LogP contribution >= 0.6 is 0 Å². The van der Waals surface area contributed by atoms with Crippen molar-refractivity contribution >= 4 is 72.3 Å². The Morgan fingerprint density at radius 3 is 2.10 bits per heavy atom. The van der Waals surface area contributed by atoms with E-state index in [2.05, 4.69) is 13.8 Å². The topological polar surface area (TPSA) is 164 Å². The van der Waals surface area contributed by atoms with Gasteiger partial charge in [0.1, 0.15) is 12.3 Å². The number of benzene rings is 4. The maximum absolute atomic E-state index is 14.2. The number of hydrogen-bond donors (Lipinski definition) is 1. The highest BCUT2D eigenvalue weighted by molar-refractivity contribution is 7.85. The van der Waals surface area contributed by atoms with Gasteiger partial charge in [0, 0.05) is 66.1 Å². The lowest BCUT2D eigenvalue weighted by Crippen LogP contribution is -2.33. The number of imide groups is 1. The SMILES string of the molecule is CC1(C)C(=CC2=C(O)C(=CC3=[N+](CCCC(=O)ON4C(=O)CCC4=O)c4ccc5ccccc5c4C3(C)C)C2=O)N(CCCS(=O)(=O)[O-])c2ccc3ccccc3c21. The Morgan fingerprint density at radius 2 is 1.47 bits per heavy atom. The number of aliphatic hydroxyl groups excluding tert-OH is 1. The largest absolute Gasteiger partial charge is 0.748 e. The molecule has 0 saturated carbocycles. The number of nitrogens with zero attached hydrogens (tertiary/aromatic N) is 3. The first-order chi connectivity index (χ1) is 27.5. The first-order valence-electron chi connectivity index (χ1n) is 19.4. The van der Waals surface area contributed by atoms with Crippen molar-refractivity contribution in [3.63, 3.8) is 0 Å². The van der Waals surface area contributed by atoms with E-state index in [1.165, 1.54) is 0 Å². The molecule has 8 rings (SSSR count). The molecule has 1 aliphatic carbocycles. The number of aliphatic hydroxyl groups is 1. The Bertz CT molecular complexity index is 2720. The average molecular weight is 802 g/mol. The highest BCUT2D eigenvalue weighted by Crippen LogP contribution is 2.52. The molecule has 1 N–H and O–H groups in total. The maximum atomic E-state index is 14.2. The summed E-state index contributed by atoms with van der Waals surface area (Å²) in [5.74, 6) is -2.89. The van der Waals surface area contributed by atoms with Crippen molar-refractivity contribution in [3.05, 3.63) is 119 Å². The second-order valence-electron chi connectivity index (χ2n) is 16.2. The number of hydroxylamine groups is 2. The van der Waals surface area contributed by atoms with Crippen LogP contribution in [0, 0.1) is 0 Å². The Hall–Kier alpha value is -5.92. The van der Waals surface area contributed by atoms with Crippen LogP contribution < -0.4 is 4.90 Å². The summed E-state index contributed by atoms with van der Waals surface area (Å²) < 4.78 is 36.8. The van der Waals surface area contributed by atoms with E-state index >= 15 is 0 Å². The molecule has 0 aromatic heterocycles. The first kappa shape index (κ1) is 38.9. The highest BCUT2D eigenvalue weighted by Gasteiger charge is 2.48. The van der Waals surface area contributed by atoms with Crippen molar-refractivity contribution in [2.75, 3.05) is 23.7 Å². The van der Waals surface area contributed by atoms with Gasteiger partial charge in [-0.3, -0.25) is 14.4 Å². The minimum Gasteiger partial charge on any atom is -0.748 e. The molecular formula is C45H43N3O9S. The maximum Gasteiger partial charge on any atom is 0.333 e. The average Bonchev–Trinajstić information content (AvgIpc) is 3.70. The molecule has 3 aliphatic heterocycles. The zero-order valence-electron chi connectivity index (χ0n) is 32.7. The third-order valence-corrected chi connectivity index (χ3v) is 12.6. The Labute approximate surface area is 336 Å². The van der Waals surface area contributed by atoms with Gasteiger partial charge in [0.25, 0.3) is 11.8 Å². The molecule has 4 aliphatic rings. The molecule has 1 saturated heterocycles. The predicted octanol–water partition coefficient (Wildman–Crippen LogP) is 6.69. The summed E-state index contributed by atoms with van der Waals surface area (Å²) in [6, 6.07) is 23.9. The summed E-state index contributed by atoms with van der Waals surface area (Å²) in [7, 11) is -4.46. The van der Waals surface area contributed by atoms with Gasteiger partial charge in [0.15, 0.2) is 5.71 Å². The monoisotopic (exact) mass is 801 g/mol. The van der Waals surface area contributed by atoms with Crippen molar-refractivity contribution < 1.29 is 46.7 Å². The third kappa shape index (κ3) is 6.51. The summed E-state index contributed by atoms with van der Waals surface area (Å²) in [6.45, 7) is 8.70. The van der Waals surface area contributed by atoms with E-state index in [0.29, 0.717) is 23.7 Å². The molecule has 0 spiro atoms. The van der Waals surface area contributed by atoms with Crippen molar-refractivity contribution in [1.29, 1.82) is 0 Å². The second-order valence-corrected chi connectivity index (χ2v) is 17.8. The smallest absolute Gasteiger partial charge is 0.333 e. The van der Waals surface area contributed by atoms with Crippen LogP contribution in [0.5, 0.6) is 0 Å². The fourth-order valence-electron chi connectivity index (χ4n) is 9.04. The van der Waals surface area contributed by atoms with Gasteiger partial charge >= 0.3 is 5.97 Å². The van der Waals surface area contributed by atoms with Gasteiger partial charge in [-0.15, -0.1) is 5.06 Å². The van der Waals surface area contributed by atoms with Gasteiger partial charge in [-0.2, -0.15) is 4.58 Å². The van der Waals surface area contributed by atoms with E-state index in [4.69, 9.17) is 4.84 Å². The van der Waals surface area contributed by atoms with Crippen LogP contribution in [-0.4, -0.2) is 75.8 Å². The number of allylic oxidation sites excluding steroid dienone is 5. The zero-order valence-corrected chi connectivity index (χ0v) is 33.5. The molecule has 12 nitrogen and oxygen atoms in total. The van der Waals surface area contributed by atoms with Crippen LogP contribution in [0.25, 0.3) is 21.5 Å². The van der Waals surface area contributed by atoms with Crippen molar-refractivity contribution in [3.8, 4) is 0 Å². The fourth-order valence-corrected chi connectivity index (χ4v) is 9.53. The number of fused-ring (bicyclic) bond motifs is 6. The third-order valence-electron chi connectivity index (χ3n) is 11.8. The lowest BCUT2D eigenvalue weighted by molar-refractivity contribution is -0.438. The van der Waals surface area contributed by atoms with Gasteiger partial charge in [-0.1, -0.05) is 68.4 Å². The number of ketones is 1. The summed E-state index contributed by atoms with van der Waals surface area (Å²) >= 11 is 0. The molecule has 2 amide bonds. The Kier molecular flexibility index (Phi) is 9.51. The van der Waals surface area contributed by atoms with E-state index in [9.17, 15) is 37.3 Å². The fraction of sp³-hybridized carbons (Fsp3) is 0.311. The lowest BCUT2D eigenvalue weighted by atomic mass is 9.76. The van der Waals surface area contributed by atoms with Crippen LogP contribution in [0.15, 0.2) is 108 Å². The van der Waals surface area contributed by atoms with Crippen LogP contribution in [0.3, 0.4) is 0 Å². The van der Waals surface area contributed by atoms with Crippen LogP contribution in [0.4, 0.5) is 11.4 Å². The van der Waals surface area contributed by atoms with Crippen molar-refractivity contribution in [1.82, 2.24) is 5.06 Å². The van der Waals surface area contributed by atoms with E-state index < -0.39 is 44.5 Å². The number of carbonyl (C=O) groups is 4. The molecule has 1 fully saturated rings. The van der Waals surface area contributed by atoms with Crippen LogP contribution in [-0.2, 0) is 45.0 Å². The number of anilines is 1. The minimum atomic E-state index is -4.46. The molecule has 0 unspecified atom stereocenters. The Balaban J connectivity index is 1.16. The number of hydrogen-bond acceptors (Lipinski definition) is 10. The molecule has 13 heteroatoms. The van der Waals surface area contributed by atoms with E-state index in [0.717, 1.165) is 49.8 Å². The second kappa shape index (κ2) is 14.2. The molecule has 0 radical (unpaired) electrons. The highest BCUT2D eigenvalue weighted by atomic mass is 32.2. The zero-order chi connectivity index (χ0) is 41.3. The molecule has 0 bridgehead atoms. The predicted molar refractivity (Wildman–Crippen MR) is 218 cm³/mol. The molecule has 4 aromatic carbocycles. The summed E-state index contributed by atoms with van der Waals surface area (Å²) in [4.78, 5) is 58.0. The van der Waals surface area contributed by atoms with E-state index in [-0.39, 0.29) is 54.9 Å². The standard InChI is InChI=1S/C45H43N3O9S/c1-44(2)35(46(33-18-16-27-11-5-7-13-29(27)40(33)44)22-9-15-39(51)57-48-37(49)20-21-38(48)50)25-31-42(52)32(43(31)53)26-36-45(3,4)41-30-14-8-6-12-28(30)17-19-34(41)47(36)23-10-24-58(54,55)56/h5-8,11-14,16-19,25-26H,9-10,15,20-24H2,1-4H3,(H-,52,53,54,55,56). The molecule has 58 heavy (non-hydrogen) atoms. The number of rotatable bonds is 11. The molecule has 0 atom stereocenters. The summed E-state index contributed by atoms with van der Waals surface area (Å²) in [5.41, 5.74) is 4.11. The molecule has 3 heterocycles. The van der Waals surface area contributed by atoms with Gasteiger partial charge in [0.05, 0.1) is 33.1 Å².